The van der Waals surface area contributed by atoms with Gasteiger partial charge in [0.1, 0.15) is 11.1 Å². The van der Waals surface area contributed by atoms with E-state index >= 15 is 0 Å². The number of amides is 2. The van der Waals surface area contributed by atoms with Gasteiger partial charge in [0.2, 0.25) is 12.7 Å². The van der Waals surface area contributed by atoms with Gasteiger partial charge >= 0.3 is 0 Å². The second-order valence-electron chi connectivity index (χ2n) is 9.19. The van der Waals surface area contributed by atoms with Crippen LogP contribution in [-0.4, -0.2) is 39.7 Å². The molecule has 3 aliphatic heterocycles. The summed E-state index contributed by atoms with van der Waals surface area (Å²) in [7, 11) is 0. The summed E-state index contributed by atoms with van der Waals surface area (Å²) in [5.74, 6) is 0.183. The minimum Gasteiger partial charge on any atom is -0.454 e. The molecule has 38 heavy (non-hydrogen) atoms. The number of nitrogens with zero attached hydrogens (tertiary/aromatic N) is 3. The highest BCUT2D eigenvalue weighted by Gasteiger charge is 2.39. The van der Waals surface area contributed by atoms with Crippen molar-refractivity contribution in [3.05, 3.63) is 89.2 Å². The molecule has 6 rings (SSSR count). The Morgan fingerprint density at radius 1 is 1.08 bits per heavy atom. The summed E-state index contributed by atoms with van der Waals surface area (Å²) < 4.78 is 24.2. The lowest BCUT2D eigenvalue weighted by atomic mass is 9.98. The molecule has 0 saturated heterocycles. The number of rotatable bonds is 5. The highest BCUT2D eigenvalue weighted by molar-refractivity contribution is 8.15. The largest absolute Gasteiger partial charge is 0.454 e. The van der Waals surface area contributed by atoms with Crippen molar-refractivity contribution in [1.82, 2.24) is 5.01 Å². The normalized spacial score (nSPS) is 19.9. The highest BCUT2D eigenvalue weighted by Crippen LogP contribution is 2.39. The van der Waals surface area contributed by atoms with Crippen molar-refractivity contribution in [2.75, 3.05) is 12.1 Å². The monoisotopic (exact) mass is 530 g/mol. The summed E-state index contributed by atoms with van der Waals surface area (Å²) >= 11 is 1.23. The lowest BCUT2D eigenvalue weighted by Crippen LogP contribution is -2.25. The fourth-order valence-electron chi connectivity index (χ4n) is 4.51. The molecule has 3 aliphatic rings. The van der Waals surface area contributed by atoms with Crippen molar-refractivity contribution in [2.45, 2.75) is 31.1 Å². The lowest BCUT2D eigenvalue weighted by Gasteiger charge is -2.23. The molecule has 0 bridgehead atoms. The van der Waals surface area contributed by atoms with Crippen molar-refractivity contribution in [2.24, 2.45) is 10.1 Å². The molecule has 2 atom stereocenters. The van der Waals surface area contributed by atoms with Crippen LogP contribution in [0, 0.1) is 12.7 Å². The number of hydrogen-bond donors (Lipinski definition) is 1. The predicted molar refractivity (Wildman–Crippen MR) is 143 cm³/mol. The van der Waals surface area contributed by atoms with Crippen LogP contribution in [0.3, 0.4) is 0 Å². The van der Waals surface area contributed by atoms with Gasteiger partial charge in [-0.25, -0.2) is 9.40 Å². The number of aryl methyl sites for hydroxylation is 1. The average Bonchev–Trinajstić information content (AvgIpc) is 3.63. The van der Waals surface area contributed by atoms with Gasteiger partial charge in [0.05, 0.1) is 11.8 Å². The minimum absolute atomic E-state index is 0.0392. The zero-order valence-corrected chi connectivity index (χ0v) is 21.2. The summed E-state index contributed by atoms with van der Waals surface area (Å²) in [6.45, 7) is 2.16. The molecule has 10 heteroatoms. The van der Waals surface area contributed by atoms with Gasteiger partial charge in [-0.1, -0.05) is 53.7 Å². The first-order chi connectivity index (χ1) is 18.4. The van der Waals surface area contributed by atoms with E-state index in [4.69, 9.17) is 14.6 Å². The summed E-state index contributed by atoms with van der Waals surface area (Å²) in [6.07, 6.45) is 0.528. The van der Waals surface area contributed by atoms with Crippen molar-refractivity contribution in [1.29, 1.82) is 0 Å². The smallest absolute Gasteiger partial charge is 0.262 e. The maximum atomic E-state index is 13.5. The molecule has 0 fully saturated rings. The molecule has 1 N–H and O–H groups in total. The van der Waals surface area contributed by atoms with Crippen LogP contribution in [0.2, 0.25) is 0 Å². The Balaban J connectivity index is 1.19. The Morgan fingerprint density at radius 2 is 1.84 bits per heavy atom. The second-order valence-corrected chi connectivity index (χ2v) is 10.4. The molecule has 0 saturated carbocycles. The van der Waals surface area contributed by atoms with Crippen LogP contribution in [0.1, 0.15) is 35.6 Å². The van der Waals surface area contributed by atoms with Crippen molar-refractivity contribution in [3.8, 4) is 11.5 Å². The quantitative estimate of drug-likeness (QED) is 0.497. The van der Waals surface area contributed by atoms with Gasteiger partial charge in [0.15, 0.2) is 16.7 Å². The van der Waals surface area contributed by atoms with Crippen molar-refractivity contribution < 1.29 is 23.5 Å². The second kappa shape index (κ2) is 9.94. The van der Waals surface area contributed by atoms with Crippen LogP contribution in [0.4, 0.5) is 10.1 Å². The van der Waals surface area contributed by atoms with E-state index in [0.29, 0.717) is 28.8 Å². The van der Waals surface area contributed by atoms with Crippen molar-refractivity contribution >= 4 is 40.1 Å². The third-order valence-corrected chi connectivity index (χ3v) is 7.64. The number of hydrogen-bond acceptors (Lipinski definition) is 7. The van der Waals surface area contributed by atoms with E-state index in [-0.39, 0.29) is 36.9 Å². The van der Waals surface area contributed by atoms with E-state index in [1.807, 2.05) is 31.2 Å². The number of hydrazone groups is 1. The SMILES string of the molecule is Cc1ccc([C@@H]2CC(c3ccc(F)cc3)=NN2C2=NC(=O)[C@@H](CC(=O)Nc3ccc4c(c3)OCO4)S2)cc1. The number of halogens is 1. The molecule has 3 heterocycles. The molecule has 3 aromatic carbocycles. The van der Waals surface area contributed by atoms with E-state index in [2.05, 4.69) is 10.3 Å². The Labute approximate surface area is 222 Å². The maximum Gasteiger partial charge on any atom is 0.262 e. The number of anilines is 1. The van der Waals surface area contributed by atoms with E-state index in [0.717, 1.165) is 22.4 Å². The molecule has 3 aromatic rings. The zero-order chi connectivity index (χ0) is 26.2. The first-order valence-corrected chi connectivity index (χ1v) is 13.0. The Kier molecular flexibility index (Phi) is 6.32. The molecule has 0 aliphatic carbocycles. The van der Waals surface area contributed by atoms with Gasteiger partial charge in [0.25, 0.3) is 5.91 Å². The van der Waals surface area contributed by atoms with E-state index < -0.39 is 5.25 Å². The number of carbonyl (C=O) groups is 2. The van der Waals surface area contributed by atoms with Crippen LogP contribution in [0.5, 0.6) is 11.5 Å². The zero-order valence-electron chi connectivity index (χ0n) is 20.4. The van der Waals surface area contributed by atoms with Gasteiger partial charge in [-0.2, -0.15) is 10.1 Å². The minimum atomic E-state index is -0.664. The van der Waals surface area contributed by atoms with Crippen LogP contribution in [0.15, 0.2) is 76.8 Å². The number of fused-ring (bicyclic) bond motifs is 1. The number of thioether (sulfide) groups is 1. The average molecular weight is 531 g/mol. The summed E-state index contributed by atoms with van der Waals surface area (Å²) in [5.41, 5.74) is 4.30. The van der Waals surface area contributed by atoms with Gasteiger partial charge in [-0.15, -0.1) is 0 Å². The van der Waals surface area contributed by atoms with Crippen LogP contribution < -0.4 is 14.8 Å². The van der Waals surface area contributed by atoms with Gasteiger partial charge in [-0.3, -0.25) is 9.59 Å². The standard InChI is InChI=1S/C28H23FN4O4S/c1-16-2-4-18(5-3-16)22-13-21(17-6-8-19(29)9-7-17)32-33(22)28-31-27(35)25(38-28)14-26(34)30-20-10-11-23-24(12-20)37-15-36-23/h2-12,22,25H,13-15H2,1H3,(H,30,34)/t22-,25+/m0/s1. The number of nitrogens with one attached hydrogen (secondary N) is 1. The topological polar surface area (TPSA) is 92.6 Å². The molecule has 0 radical (unpaired) electrons. The summed E-state index contributed by atoms with van der Waals surface area (Å²) in [6, 6.07) is 19.3. The molecular formula is C28H23FN4O4S. The first kappa shape index (κ1) is 24.2. The fraction of sp³-hybridized carbons (Fsp3) is 0.214. The first-order valence-electron chi connectivity index (χ1n) is 12.1. The van der Waals surface area contributed by atoms with Gasteiger partial charge in [0, 0.05) is 24.6 Å². The molecule has 0 spiro atoms. The Morgan fingerprint density at radius 3 is 2.63 bits per heavy atom. The van der Waals surface area contributed by atoms with Crippen LogP contribution >= 0.6 is 11.8 Å². The lowest BCUT2D eigenvalue weighted by molar-refractivity contribution is -0.121. The number of carbonyl (C=O) groups excluding carboxylic acids is 2. The number of ether oxygens (including phenoxy) is 2. The van der Waals surface area contributed by atoms with Crippen LogP contribution in [-0.2, 0) is 9.59 Å². The van der Waals surface area contributed by atoms with Crippen LogP contribution in [0.25, 0.3) is 0 Å². The van der Waals surface area contributed by atoms with E-state index in [1.54, 1.807) is 35.3 Å². The third-order valence-electron chi connectivity index (χ3n) is 6.50. The maximum absolute atomic E-state index is 13.5. The fourth-order valence-corrected chi connectivity index (χ4v) is 5.57. The molecular weight excluding hydrogens is 507 g/mol. The number of benzene rings is 3. The Hall–Kier alpha value is -4.18. The molecule has 192 valence electrons. The summed E-state index contributed by atoms with van der Waals surface area (Å²) in [5, 5.41) is 9.14. The summed E-state index contributed by atoms with van der Waals surface area (Å²) in [4.78, 5) is 29.8. The molecule has 0 unspecified atom stereocenters. The van der Waals surface area contributed by atoms with Crippen molar-refractivity contribution in [3.63, 3.8) is 0 Å². The van der Waals surface area contributed by atoms with E-state index in [1.165, 1.54) is 23.9 Å². The van der Waals surface area contributed by atoms with Gasteiger partial charge in [-0.05, 0) is 42.3 Å². The predicted octanol–water partition coefficient (Wildman–Crippen LogP) is 5.04. The molecule has 8 nitrogen and oxygen atoms in total. The number of aliphatic imine (C=N–C) groups is 1. The van der Waals surface area contributed by atoms with E-state index in [9.17, 15) is 14.0 Å². The highest BCUT2D eigenvalue weighted by atomic mass is 32.2. The third kappa shape index (κ3) is 4.87. The number of amidine groups is 1. The molecule has 2 amide bonds. The Bertz CT molecular complexity index is 1470. The molecule has 0 aromatic heterocycles. The van der Waals surface area contributed by atoms with Gasteiger partial charge < -0.3 is 14.8 Å².